The molecule has 0 spiro atoms. The molecular weight excluding hydrogens is 222 g/mol. The van der Waals surface area contributed by atoms with Crippen molar-refractivity contribution in [3.8, 4) is 6.07 Å². The number of hydrogen-bond donors (Lipinski definition) is 1. The smallest absolute Gasteiger partial charge is 0.0992 e. The third kappa shape index (κ3) is 3.53. The second kappa shape index (κ2) is 6.54. The van der Waals surface area contributed by atoms with Crippen molar-refractivity contribution in [2.75, 3.05) is 19.5 Å². The topological polar surface area (TPSA) is 53.2 Å². The van der Waals surface area contributed by atoms with Crippen LogP contribution in [0.3, 0.4) is 0 Å². The van der Waals surface area contributed by atoms with Crippen LogP contribution in [0.15, 0.2) is 23.1 Å². The normalized spacial score (nSPS) is 12.1. The number of rotatable bonds is 5. The van der Waals surface area contributed by atoms with Crippen LogP contribution in [-0.4, -0.2) is 24.6 Å². The van der Waals surface area contributed by atoms with Gasteiger partial charge in [0, 0.05) is 17.8 Å². The molecule has 0 aliphatic carbocycles. The van der Waals surface area contributed by atoms with Crippen molar-refractivity contribution in [3.63, 3.8) is 0 Å². The van der Waals surface area contributed by atoms with Crippen LogP contribution in [0.5, 0.6) is 0 Å². The molecule has 0 saturated carbocycles. The lowest BCUT2D eigenvalue weighted by atomic mass is 10.1. The van der Waals surface area contributed by atoms with Gasteiger partial charge in [-0.05, 0) is 24.6 Å². The van der Waals surface area contributed by atoms with E-state index in [1.54, 1.807) is 37.9 Å². The maximum atomic E-state index is 9.60. The highest BCUT2D eigenvalue weighted by Crippen LogP contribution is 2.28. The minimum Gasteiger partial charge on any atom is -0.389 e. The first-order valence-corrected chi connectivity index (χ1v) is 6.01. The van der Waals surface area contributed by atoms with Gasteiger partial charge in [0.2, 0.25) is 0 Å². The van der Waals surface area contributed by atoms with Gasteiger partial charge in [-0.25, -0.2) is 0 Å². The quantitative estimate of drug-likeness (QED) is 0.631. The third-order valence-electron chi connectivity index (χ3n) is 2.14. The lowest BCUT2D eigenvalue weighted by Crippen LogP contribution is -1.97. The fourth-order valence-corrected chi connectivity index (χ4v) is 2.39. The Hall–Kier alpha value is -1.02. The first-order chi connectivity index (χ1) is 7.69. The highest BCUT2D eigenvalue weighted by atomic mass is 32.2. The molecule has 0 radical (unpaired) electrons. The number of thioether (sulfide) groups is 1. The van der Waals surface area contributed by atoms with Crippen molar-refractivity contribution in [2.24, 2.45) is 0 Å². The van der Waals surface area contributed by atoms with Crippen molar-refractivity contribution in [3.05, 3.63) is 29.3 Å². The number of nitrogens with zero attached hydrogens (tertiary/aromatic N) is 1. The molecule has 0 bridgehead atoms. The van der Waals surface area contributed by atoms with Crippen LogP contribution in [0.4, 0.5) is 0 Å². The minimum absolute atomic E-state index is 0.516. The molecule has 0 aliphatic rings. The van der Waals surface area contributed by atoms with E-state index in [0.29, 0.717) is 12.2 Å². The predicted octanol–water partition coefficient (Wildman–Crippen LogP) is 2.35. The van der Waals surface area contributed by atoms with E-state index in [1.165, 1.54) is 0 Å². The summed E-state index contributed by atoms with van der Waals surface area (Å²) >= 11 is 1.59. The zero-order valence-corrected chi connectivity index (χ0v) is 10.3. The van der Waals surface area contributed by atoms with E-state index in [-0.39, 0.29) is 0 Å². The van der Waals surface area contributed by atoms with Crippen molar-refractivity contribution < 1.29 is 9.84 Å². The van der Waals surface area contributed by atoms with Crippen molar-refractivity contribution in [1.29, 1.82) is 5.26 Å². The van der Waals surface area contributed by atoms with Crippen molar-refractivity contribution >= 4 is 11.8 Å². The summed E-state index contributed by atoms with van der Waals surface area (Å²) in [5.74, 6) is 0.811. The maximum Gasteiger partial charge on any atom is 0.0992 e. The Balaban J connectivity index is 2.88. The molecule has 0 saturated heterocycles. The van der Waals surface area contributed by atoms with Gasteiger partial charge >= 0.3 is 0 Å². The van der Waals surface area contributed by atoms with Gasteiger partial charge in [0.15, 0.2) is 0 Å². The third-order valence-corrected chi connectivity index (χ3v) is 3.17. The molecule has 0 amide bonds. The zero-order chi connectivity index (χ0) is 12.0. The highest BCUT2D eigenvalue weighted by molar-refractivity contribution is 7.99. The Morgan fingerprint density at radius 3 is 2.88 bits per heavy atom. The van der Waals surface area contributed by atoms with Crippen LogP contribution in [0.25, 0.3) is 0 Å². The summed E-state index contributed by atoms with van der Waals surface area (Å²) in [5, 5.41) is 18.4. The average molecular weight is 237 g/mol. The van der Waals surface area contributed by atoms with Gasteiger partial charge in [-0.3, -0.25) is 0 Å². The molecule has 1 atom stereocenters. The van der Waals surface area contributed by atoms with Gasteiger partial charge in [0.1, 0.15) is 0 Å². The largest absolute Gasteiger partial charge is 0.389 e. The number of methoxy groups -OCH3 is 1. The molecular formula is C12H15NO2S. The van der Waals surface area contributed by atoms with E-state index in [9.17, 15) is 5.11 Å². The Bertz CT molecular complexity index is 385. The van der Waals surface area contributed by atoms with E-state index in [1.807, 2.05) is 6.07 Å². The highest BCUT2D eigenvalue weighted by Gasteiger charge is 2.09. The zero-order valence-electron chi connectivity index (χ0n) is 9.43. The Morgan fingerprint density at radius 2 is 2.31 bits per heavy atom. The molecule has 1 aromatic carbocycles. The fourth-order valence-electron chi connectivity index (χ4n) is 1.31. The summed E-state index contributed by atoms with van der Waals surface area (Å²) < 4.78 is 4.97. The summed E-state index contributed by atoms with van der Waals surface area (Å²) in [6.45, 7) is 2.38. The first kappa shape index (κ1) is 13.0. The average Bonchev–Trinajstić information content (AvgIpc) is 2.29. The van der Waals surface area contributed by atoms with Gasteiger partial charge < -0.3 is 9.84 Å². The molecule has 1 aromatic rings. The van der Waals surface area contributed by atoms with Crippen LogP contribution in [0.2, 0.25) is 0 Å². The van der Waals surface area contributed by atoms with Crippen molar-refractivity contribution in [1.82, 2.24) is 0 Å². The number of hydrogen-bond acceptors (Lipinski definition) is 4. The minimum atomic E-state index is -0.516. The number of nitriles is 1. The summed E-state index contributed by atoms with van der Waals surface area (Å²) in [7, 11) is 1.65. The van der Waals surface area contributed by atoms with E-state index in [4.69, 9.17) is 10.00 Å². The second-order valence-electron chi connectivity index (χ2n) is 3.38. The van der Waals surface area contributed by atoms with Gasteiger partial charge in [0.25, 0.3) is 0 Å². The molecule has 0 aliphatic heterocycles. The van der Waals surface area contributed by atoms with Gasteiger partial charge in [-0.1, -0.05) is 6.07 Å². The van der Waals surface area contributed by atoms with E-state index in [0.717, 1.165) is 16.2 Å². The van der Waals surface area contributed by atoms with E-state index >= 15 is 0 Å². The Labute approximate surface area is 100 Å². The molecule has 86 valence electrons. The van der Waals surface area contributed by atoms with Gasteiger partial charge in [-0.15, -0.1) is 11.8 Å². The SMILES string of the molecule is COCCSc1cc(C#N)ccc1C(C)O. The van der Waals surface area contributed by atoms with Gasteiger partial charge in [-0.2, -0.15) is 5.26 Å². The summed E-state index contributed by atoms with van der Waals surface area (Å²) in [5.41, 5.74) is 1.48. The molecule has 16 heavy (non-hydrogen) atoms. The molecule has 1 N–H and O–H groups in total. The first-order valence-electron chi connectivity index (χ1n) is 5.03. The molecule has 0 heterocycles. The number of aliphatic hydroxyl groups is 1. The molecule has 3 nitrogen and oxygen atoms in total. The monoisotopic (exact) mass is 237 g/mol. The summed E-state index contributed by atoms with van der Waals surface area (Å²) in [6.07, 6.45) is -0.516. The number of ether oxygens (including phenoxy) is 1. The van der Waals surface area contributed by atoms with Crippen LogP contribution in [0.1, 0.15) is 24.2 Å². The molecule has 1 rings (SSSR count). The maximum absolute atomic E-state index is 9.60. The van der Waals surface area contributed by atoms with Crippen LogP contribution >= 0.6 is 11.8 Å². The molecule has 0 fully saturated rings. The molecule has 0 aromatic heterocycles. The standard InChI is InChI=1S/C12H15NO2S/c1-9(14)11-4-3-10(8-13)7-12(11)16-6-5-15-2/h3-4,7,9,14H,5-6H2,1-2H3. The lowest BCUT2D eigenvalue weighted by Gasteiger charge is -2.11. The van der Waals surface area contributed by atoms with E-state index in [2.05, 4.69) is 6.07 Å². The molecule has 1 unspecified atom stereocenters. The molecule has 4 heteroatoms. The number of benzene rings is 1. The van der Waals surface area contributed by atoms with Crippen molar-refractivity contribution in [2.45, 2.75) is 17.9 Å². The van der Waals surface area contributed by atoms with E-state index < -0.39 is 6.10 Å². The summed E-state index contributed by atoms with van der Waals surface area (Å²) in [6, 6.07) is 7.43. The fraction of sp³-hybridized carbons (Fsp3) is 0.417. The second-order valence-corrected chi connectivity index (χ2v) is 4.52. The van der Waals surface area contributed by atoms with Crippen LogP contribution in [-0.2, 0) is 4.74 Å². The number of aliphatic hydroxyl groups excluding tert-OH is 1. The van der Waals surface area contributed by atoms with Crippen LogP contribution in [0, 0.1) is 11.3 Å². The Morgan fingerprint density at radius 1 is 1.56 bits per heavy atom. The van der Waals surface area contributed by atoms with Gasteiger partial charge in [0.05, 0.1) is 24.3 Å². The summed E-state index contributed by atoms with van der Waals surface area (Å²) in [4.78, 5) is 0.950. The predicted molar refractivity (Wildman–Crippen MR) is 64.4 cm³/mol. The van der Waals surface area contributed by atoms with Crippen LogP contribution < -0.4 is 0 Å². The lowest BCUT2D eigenvalue weighted by molar-refractivity contribution is 0.196. The Kier molecular flexibility index (Phi) is 5.33.